The normalized spacial score (nSPS) is 18.2. The Kier molecular flexibility index (Phi) is 5.18. The quantitative estimate of drug-likeness (QED) is 0.807. The van der Waals surface area contributed by atoms with Gasteiger partial charge in [-0.15, -0.1) is 0 Å². The molecule has 112 valence electrons. The molecule has 20 heavy (non-hydrogen) atoms. The second-order valence-electron chi connectivity index (χ2n) is 5.66. The Morgan fingerprint density at radius 1 is 1.15 bits per heavy atom. The minimum Gasteiger partial charge on any atom is -0.389 e. The maximum atomic E-state index is 11.9. The predicted octanol–water partition coefficient (Wildman–Crippen LogP) is 1.84. The van der Waals surface area contributed by atoms with Gasteiger partial charge in [0.15, 0.2) is 0 Å². The summed E-state index contributed by atoms with van der Waals surface area (Å²) >= 11 is 0. The molecule has 2 rings (SSSR count). The summed E-state index contributed by atoms with van der Waals surface area (Å²) in [6.45, 7) is 0.153. The third kappa shape index (κ3) is 4.89. The molecule has 1 saturated carbocycles. The van der Waals surface area contributed by atoms with Crippen molar-refractivity contribution in [3.63, 3.8) is 0 Å². The van der Waals surface area contributed by atoms with Crippen LogP contribution in [0.2, 0.25) is 0 Å². The van der Waals surface area contributed by atoms with E-state index in [0.29, 0.717) is 19.3 Å². The van der Waals surface area contributed by atoms with Crippen molar-refractivity contribution in [2.75, 3.05) is 12.3 Å². The fourth-order valence-electron chi connectivity index (χ4n) is 2.64. The Hall–Kier alpha value is -0.910. The lowest BCUT2D eigenvalue weighted by atomic mass is 10.0. The number of hydrogen-bond donors (Lipinski definition) is 2. The first-order chi connectivity index (χ1) is 9.49. The summed E-state index contributed by atoms with van der Waals surface area (Å²) in [5.41, 5.74) is 0.323. The maximum absolute atomic E-state index is 11.9. The Balaban J connectivity index is 1.74. The molecule has 1 aliphatic carbocycles. The molecule has 0 saturated heterocycles. The highest BCUT2D eigenvalue weighted by molar-refractivity contribution is 7.89. The van der Waals surface area contributed by atoms with Crippen LogP contribution in [0.3, 0.4) is 0 Å². The van der Waals surface area contributed by atoms with Crippen LogP contribution in [0.5, 0.6) is 0 Å². The lowest BCUT2D eigenvalue weighted by molar-refractivity contribution is 0.0532. The third-order valence-corrected chi connectivity index (χ3v) is 5.29. The number of nitrogens with one attached hydrogen (secondary N) is 1. The van der Waals surface area contributed by atoms with Gasteiger partial charge in [-0.05, 0) is 31.2 Å². The van der Waals surface area contributed by atoms with Crippen molar-refractivity contribution >= 4 is 10.0 Å². The van der Waals surface area contributed by atoms with Gasteiger partial charge in [0, 0.05) is 6.54 Å². The van der Waals surface area contributed by atoms with Crippen molar-refractivity contribution < 1.29 is 13.5 Å². The molecule has 4 nitrogen and oxygen atoms in total. The molecule has 0 spiro atoms. The van der Waals surface area contributed by atoms with Crippen LogP contribution in [-0.4, -0.2) is 31.4 Å². The molecule has 2 N–H and O–H groups in total. The number of hydrogen-bond acceptors (Lipinski definition) is 3. The van der Waals surface area contributed by atoms with E-state index in [4.69, 9.17) is 0 Å². The molecule has 1 aliphatic rings. The molecular weight excluding hydrogens is 274 g/mol. The monoisotopic (exact) mass is 297 g/mol. The zero-order valence-electron chi connectivity index (χ0n) is 11.7. The lowest BCUT2D eigenvalue weighted by Crippen LogP contribution is -2.41. The molecule has 0 aliphatic heterocycles. The summed E-state index contributed by atoms with van der Waals surface area (Å²) < 4.78 is 26.3. The van der Waals surface area contributed by atoms with Gasteiger partial charge in [0.1, 0.15) is 0 Å². The van der Waals surface area contributed by atoms with Gasteiger partial charge in [-0.25, -0.2) is 13.1 Å². The van der Waals surface area contributed by atoms with Crippen molar-refractivity contribution in [3.05, 3.63) is 35.9 Å². The van der Waals surface area contributed by atoms with Gasteiger partial charge in [-0.2, -0.15) is 0 Å². The van der Waals surface area contributed by atoms with E-state index in [2.05, 4.69) is 4.72 Å². The molecular formula is C15H23NO3S. The largest absolute Gasteiger partial charge is 0.389 e. The Morgan fingerprint density at radius 3 is 2.45 bits per heavy atom. The number of sulfonamides is 1. The molecule has 0 amide bonds. The van der Waals surface area contributed by atoms with Crippen LogP contribution >= 0.6 is 0 Å². The van der Waals surface area contributed by atoms with Gasteiger partial charge in [0.25, 0.3) is 0 Å². The standard InChI is InChI=1S/C15H23NO3S/c17-15(10-4-5-11-15)13-16-20(18,19)12-6-9-14-7-2-1-3-8-14/h1-3,7-8,16-17H,4-6,9-13H2. The highest BCUT2D eigenvalue weighted by atomic mass is 32.2. The van der Waals surface area contributed by atoms with E-state index in [0.717, 1.165) is 24.8 Å². The smallest absolute Gasteiger partial charge is 0.211 e. The first kappa shape index (κ1) is 15.5. The molecule has 0 radical (unpaired) electrons. The SMILES string of the molecule is O=S(=O)(CCCc1ccccc1)NCC1(O)CCCC1. The first-order valence-electron chi connectivity index (χ1n) is 7.23. The van der Waals surface area contributed by atoms with Crippen molar-refractivity contribution in [3.8, 4) is 0 Å². The van der Waals surface area contributed by atoms with E-state index >= 15 is 0 Å². The fraction of sp³-hybridized carbons (Fsp3) is 0.600. The number of aliphatic hydroxyl groups is 1. The average Bonchev–Trinajstić information content (AvgIpc) is 2.86. The molecule has 5 heteroatoms. The van der Waals surface area contributed by atoms with Crippen LogP contribution in [-0.2, 0) is 16.4 Å². The zero-order valence-corrected chi connectivity index (χ0v) is 12.5. The Morgan fingerprint density at radius 2 is 1.80 bits per heavy atom. The van der Waals surface area contributed by atoms with Crippen molar-refractivity contribution in [1.29, 1.82) is 0 Å². The van der Waals surface area contributed by atoms with Gasteiger partial charge in [-0.3, -0.25) is 0 Å². The van der Waals surface area contributed by atoms with Gasteiger partial charge in [0.2, 0.25) is 10.0 Å². The van der Waals surface area contributed by atoms with Crippen molar-refractivity contribution in [2.45, 2.75) is 44.1 Å². The average molecular weight is 297 g/mol. The van der Waals surface area contributed by atoms with Gasteiger partial charge < -0.3 is 5.11 Å². The van der Waals surface area contributed by atoms with Crippen LogP contribution in [0.1, 0.15) is 37.7 Å². The Bertz CT molecular complexity index is 507. The van der Waals surface area contributed by atoms with Crippen LogP contribution in [0.15, 0.2) is 30.3 Å². The number of aryl methyl sites for hydroxylation is 1. The maximum Gasteiger partial charge on any atom is 0.211 e. The van der Waals surface area contributed by atoms with Crippen molar-refractivity contribution in [1.82, 2.24) is 4.72 Å². The topological polar surface area (TPSA) is 66.4 Å². The highest BCUT2D eigenvalue weighted by Crippen LogP contribution is 2.28. The molecule has 0 bridgehead atoms. The van der Waals surface area contributed by atoms with Crippen molar-refractivity contribution in [2.24, 2.45) is 0 Å². The van der Waals surface area contributed by atoms with E-state index < -0.39 is 15.6 Å². The van der Waals surface area contributed by atoms with E-state index in [1.54, 1.807) is 0 Å². The molecule has 1 aromatic carbocycles. The summed E-state index contributed by atoms with van der Waals surface area (Å²) in [5, 5.41) is 10.1. The number of rotatable bonds is 7. The van der Waals surface area contributed by atoms with Crippen LogP contribution < -0.4 is 4.72 Å². The molecule has 0 aromatic heterocycles. The van der Waals surface area contributed by atoms with Crippen LogP contribution in [0.25, 0.3) is 0 Å². The third-order valence-electron chi connectivity index (χ3n) is 3.88. The molecule has 0 atom stereocenters. The summed E-state index contributed by atoms with van der Waals surface area (Å²) in [7, 11) is -3.29. The second kappa shape index (κ2) is 6.70. The fourth-order valence-corrected chi connectivity index (χ4v) is 3.79. The molecule has 1 aromatic rings. The minimum absolute atomic E-state index is 0.109. The first-order valence-corrected chi connectivity index (χ1v) is 8.88. The van der Waals surface area contributed by atoms with Crippen LogP contribution in [0.4, 0.5) is 0 Å². The van der Waals surface area contributed by atoms with E-state index in [9.17, 15) is 13.5 Å². The summed E-state index contributed by atoms with van der Waals surface area (Å²) in [6.07, 6.45) is 4.70. The van der Waals surface area contributed by atoms with Crippen LogP contribution in [0, 0.1) is 0 Å². The molecule has 0 unspecified atom stereocenters. The minimum atomic E-state index is -3.29. The number of benzene rings is 1. The van der Waals surface area contributed by atoms with E-state index in [1.165, 1.54) is 0 Å². The summed E-state index contributed by atoms with van der Waals surface area (Å²) in [6, 6.07) is 9.86. The zero-order chi connectivity index (χ0) is 14.5. The van der Waals surface area contributed by atoms with E-state index in [1.807, 2.05) is 30.3 Å². The van der Waals surface area contributed by atoms with E-state index in [-0.39, 0.29) is 12.3 Å². The van der Waals surface area contributed by atoms with Gasteiger partial charge in [0.05, 0.1) is 11.4 Å². The Labute approximate surface area is 121 Å². The summed E-state index contributed by atoms with van der Waals surface area (Å²) in [5.74, 6) is 0.109. The highest BCUT2D eigenvalue weighted by Gasteiger charge is 2.32. The lowest BCUT2D eigenvalue weighted by Gasteiger charge is -2.22. The molecule has 1 fully saturated rings. The molecule has 0 heterocycles. The second-order valence-corrected chi connectivity index (χ2v) is 7.59. The predicted molar refractivity (Wildman–Crippen MR) is 80.0 cm³/mol. The van der Waals surface area contributed by atoms with Gasteiger partial charge >= 0.3 is 0 Å². The van der Waals surface area contributed by atoms with Gasteiger partial charge in [-0.1, -0.05) is 43.2 Å². The summed E-state index contributed by atoms with van der Waals surface area (Å²) in [4.78, 5) is 0.